The van der Waals surface area contributed by atoms with Crippen LogP contribution in [0.3, 0.4) is 0 Å². The Labute approximate surface area is 167 Å². The Bertz CT molecular complexity index is 841. The molecule has 0 aromatic heterocycles. The lowest BCUT2D eigenvalue weighted by Crippen LogP contribution is -3.14. The van der Waals surface area contributed by atoms with Gasteiger partial charge in [-0.3, -0.25) is 4.79 Å². The Hall–Kier alpha value is -1.95. The van der Waals surface area contributed by atoms with E-state index in [-0.39, 0.29) is 22.3 Å². The highest BCUT2D eigenvalue weighted by Gasteiger charge is 2.34. The number of carbonyl (C=O) groups excluding carboxylic acids is 1. The van der Waals surface area contributed by atoms with E-state index in [1.807, 2.05) is 6.07 Å². The van der Waals surface area contributed by atoms with Crippen LogP contribution >= 0.6 is 0 Å². The molecule has 2 N–H and O–H groups in total. The molecular weight excluding hydrogens is 376 g/mol. The van der Waals surface area contributed by atoms with E-state index in [1.165, 1.54) is 29.4 Å². The van der Waals surface area contributed by atoms with E-state index < -0.39 is 10.0 Å². The highest BCUT2D eigenvalue weighted by molar-refractivity contribution is 7.89. The van der Waals surface area contributed by atoms with Crippen molar-refractivity contribution < 1.29 is 18.1 Å². The molecule has 1 amide bonds. The summed E-state index contributed by atoms with van der Waals surface area (Å²) >= 11 is 0. The topological polar surface area (TPSA) is 94.7 Å². The van der Waals surface area contributed by atoms with Crippen LogP contribution in [0.15, 0.2) is 29.2 Å². The molecule has 7 nitrogen and oxygen atoms in total. The molecule has 1 aromatic rings. The van der Waals surface area contributed by atoms with E-state index >= 15 is 0 Å². The van der Waals surface area contributed by atoms with E-state index in [2.05, 4.69) is 12.2 Å². The number of amides is 1. The standard InChI is InChI=1S/C20H28N4O3S/c1-2-23-11-5-7-18(23)15-22-20(25)16-9-12-24(13-10-16)28(26,27)19-8-4-3-6-17(19)14-21/h3-4,6,8,16,18H,2,5,7,9-13,15H2,1H3,(H,22,25)/p+1/t18-/m0/s1. The minimum absolute atomic E-state index is 0.0387. The zero-order chi connectivity index (χ0) is 20.1. The van der Waals surface area contributed by atoms with E-state index in [0.717, 1.165) is 13.0 Å². The molecule has 0 saturated carbocycles. The number of benzene rings is 1. The monoisotopic (exact) mass is 405 g/mol. The molecule has 2 atom stereocenters. The molecule has 0 aliphatic carbocycles. The minimum atomic E-state index is -3.71. The van der Waals surface area contributed by atoms with Crippen LogP contribution in [0.2, 0.25) is 0 Å². The minimum Gasteiger partial charge on any atom is -0.350 e. The molecule has 2 heterocycles. The molecule has 2 aliphatic heterocycles. The van der Waals surface area contributed by atoms with Gasteiger partial charge in [0.15, 0.2) is 0 Å². The van der Waals surface area contributed by atoms with Gasteiger partial charge in [-0.2, -0.15) is 9.57 Å². The number of nitriles is 1. The number of sulfonamides is 1. The maximum atomic E-state index is 12.9. The highest BCUT2D eigenvalue weighted by atomic mass is 32.2. The third-order valence-corrected chi connectivity index (χ3v) is 8.01. The second kappa shape index (κ2) is 9.03. The van der Waals surface area contributed by atoms with Gasteiger partial charge >= 0.3 is 0 Å². The van der Waals surface area contributed by atoms with Crippen LogP contribution < -0.4 is 10.2 Å². The van der Waals surface area contributed by atoms with Crippen LogP contribution in [-0.4, -0.2) is 57.4 Å². The normalized spacial score (nSPS) is 24.0. The van der Waals surface area contributed by atoms with Crippen molar-refractivity contribution >= 4 is 15.9 Å². The van der Waals surface area contributed by atoms with Gasteiger partial charge in [0.2, 0.25) is 15.9 Å². The van der Waals surface area contributed by atoms with Crippen LogP contribution in [0.1, 0.15) is 38.2 Å². The predicted octanol–water partition coefficient (Wildman–Crippen LogP) is 0.142. The van der Waals surface area contributed by atoms with Gasteiger partial charge in [-0.05, 0) is 31.9 Å². The lowest BCUT2D eigenvalue weighted by molar-refractivity contribution is -0.909. The van der Waals surface area contributed by atoms with Crippen LogP contribution in [0, 0.1) is 17.2 Å². The molecule has 0 bridgehead atoms. The van der Waals surface area contributed by atoms with E-state index in [0.29, 0.717) is 38.5 Å². The van der Waals surface area contributed by atoms with E-state index in [1.54, 1.807) is 17.0 Å². The fourth-order valence-electron chi connectivity index (χ4n) is 4.35. The number of hydrogen-bond donors (Lipinski definition) is 2. The first-order valence-electron chi connectivity index (χ1n) is 10.1. The number of likely N-dealkylation sites (N-methyl/N-ethyl adjacent to an activating group) is 1. The second-order valence-electron chi connectivity index (χ2n) is 7.63. The van der Waals surface area contributed by atoms with Crippen LogP contribution in [0.5, 0.6) is 0 Å². The average molecular weight is 406 g/mol. The lowest BCUT2D eigenvalue weighted by atomic mass is 9.97. The van der Waals surface area contributed by atoms with Gasteiger partial charge < -0.3 is 10.2 Å². The Morgan fingerprint density at radius 2 is 2.00 bits per heavy atom. The number of likely N-dealkylation sites (tertiary alicyclic amines) is 1. The van der Waals surface area contributed by atoms with Gasteiger partial charge in [-0.25, -0.2) is 8.42 Å². The van der Waals surface area contributed by atoms with Crippen molar-refractivity contribution in [3.8, 4) is 6.07 Å². The molecule has 2 saturated heterocycles. The SMILES string of the molecule is CC[NH+]1CCC[C@H]1CNC(=O)C1CCN(S(=O)(=O)c2ccccc2C#N)CC1. The van der Waals surface area contributed by atoms with E-state index in [4.69, 9.17) is 0 Å². The molecule has 0 radical (unpaired) electrons. The van der Waals surface area contributed by atoms with E-state index in [9.17, 15) is 18.5 Å². The molecule has 8 heteroatoms. The first-order valence-corrected chi connectivity index (χ1v) is 11.5. The fourth-order valence-corrected chi connectivity index (χ4v) is 5.96. The van der Waals surface area contributed by atoms with Gasteiger partial charge in [0.1, 0.15) is 12.1 Å². The van der Waals surface area contributed by atoms with Crippen molar-refractivity contribution in [2.75, 3.05) is 32.7 Å². The van der Waals surface area contributed by atoms with Gasteiger partial charge in [-0.1, -0.05) is 12.1 Å². The fraction of sp³-hybridized carbons (Fsp3) is 0.600. The van der Waals surface area contributed by atoms with Crippen LogP contribution in [-0.2, 0) is 14.8 Å². The molecule has 2 aliphatic rings. The van der Waals surface area contributed by atoms with Crippen molar-refractivity contribution in [1.29, 1.82) is 5.26 Å². The maximum Gasteiger partial charge on any atom is 0.244 e. The number of hydrogen-bond acceptors (Lipinski definition) is 4. The number of carbonyl (C=O) groups is 1. The Morgan fingerprint density at radius 1 is 1.29 bits per heavy atom. The molecule has 152 valence electrons. The molecule has 2 fully saturated rings. The molecular formula is C20H29N4O3S+. The van der Waals surface area contributed by atoms with Crippen LogP contribution in [0.4, 0.5) is 0 Å². The first kappa shape index (κ1) is 20.8. The van der Waals surface area contributed by atoms with Gasteiger partial charge in [-0.15, -0.1) is 0 Å². The quantitative estimate of drug-likeness (QED) is 0.704. The largest absolute Gasteiger partial charge is 0.350 e. The summed E-state index contributed by atoms with van der Waals surface area (Å²) in [6.45, 7) is 5.75. The van der Waals surface area contributed by atoms with Gasteiger partial charge in [0, 0.05) is 31.8 Å². The van der Waals surface area contributed by atoms with Crippen molar-refractivity contribution in [3.63, 3.8) is 0 Å². The summed E-state index contributed by atoms with van der Waals surface area (Å²) in [5.41, 5.74) is 0.155. The number of piperidine rings is 1. The Balaban J connectivity index is 1.55. The third-order valence-electron chi connectivity index (χ3n) is 6.05. The Morgan fingerprint density at radius 3 is 2.68 bits per heavy atom. The van der Waals surface area contributed by atoms with Crippen LogP contribution in [0.25, 0.3) is 0 Å². The summed E-state index contributed by atoms with van der Waals surface area (Å²) < 4.78 is 27.2. The predicted molar refractivity (Wildman–Crippen MR) is 105 cm³/mol. The molecule has 28 heavy (non-hydrogen) atoms. The summed E-state index contributed by atoms with van der Waals surface area (Å²) in [5.74, 6) is -0.110. The zero-order valence-corrected chi connectivity index (χ0v) is 17.2. The summed E-state index contributed by atoms with van der Waals surface area (Å²) in [4.78, 5) is 14.1. The van der Waals surface area contributed by atoms with Crippen molar-refractivity contribution in [3.05, 3.63) is 29.8 Å². The lowest BCUT2D eigenvalue weighted by Gasteiger charge is -2.31. The Kier molecular flexibility index (Phi) is 6.70. The van der Waals surface area contributed by atoms with Gasteiger partial charge in [0.25, 0.3) is 0 Å². The molecule has 0 spiro atoms. The van der Waals surface area contributed by atoms with Crippen molar-refractivity contribution in [1.82, 2.24) is 9.62 Å². The second-order valence-corrected chi connectivity index (χ2v) is 9.54. The zero-order valence-electron chi connectivity index (χ0n) is 16.4. The number of nitrogens with one attached hydrogen (secondary N) is 2. The maximum absolute atomic E-state index is 12.9. The molecule has 1 unspecified atom stereocenters. The number of nitrogens with zero attached hydrogens (tertiary/aromatic N) is 2. The first-order chi connectivity index (χ1) is 13.5. The van der Waals surface area contributed by atoms with Crippen molar-refractivity contribution in [2.45, 2.75) is 43.5 Å². The summed E-state index contributed by atoms with van der Waals surface area (Å²) in [6, 6.07) is 8.70. The number of rotatable bonds is 6. The molecule has 3 rings (SSSR count). The third kappa shape index (κ3) is 4.37. The number of quaternary nitrogens is 1. The summed E-state index contributed by atoms with van der Waals surface area (Å²) in [5, 5.41) is 12.3. The highest BCUT2D eigenvalue weighted by Crippen LogP contribution is 2.25. The summed E-state index contributed by atoms with van der Waals surface area (Å²) in [7, 11) is -3.71. The van der Waals surface area contributed by atoms with Gasteiger partial charge in [0.05, 0.1) is 30.1 Å². The average Bonchev–Trinajstić information content (AvgIpc) is 3.19. The molecule has 1 aromatic carbocycles. The van der Waals surface area contributed by atoms with Crippen molar-refractivity contribution in [2.24, 2.45) is 5.92 Å². The summed E-state index contributed by atoms with van der Waals surface area (Å²) in [6.07, 6.45) is 3.38. The smallest absolute Gasteiger partial charge is 0.244 e.